The van der Waals surface area contributed by atoms with Gasteiger partial charge in [0.25, 0.3) is 0 Å². The number of carboxylic acid groups (broad SMARTS) is 1. The van der Waals surface area contributed by atoms with Crippen molar-refractivity contribution in [3.05, 3.63) is 59.7 Å². The van der Waals surface area contributed by atoms with Crippen molar-refractivity contribution in [2.75, 3.05) is 19.7 Å². The van der Waals surface area contributed by atoms with E-state index in [4.69, 9.17) is 4.74 Å². The van der Waals surface area contributed by atoms with E-state index in [-0.39, 0.29) is 30.8 Å². The Hall–Kier alpha value is -3.35. The van der Waals surface area contributed by atoms with E-state index in [0.717, 1.165) is 0 Å². The normalized spacial score (nSPS) is 19.9. The average molecular weight is 465 g/mol. The fourth-order valence-electron chi connectivity index (χ4n) is 5.17. The lowest BCUT2D eigenvalue weighted by Crippen LogP contribution is -2.51. The number of alkyl carbamates (subject to hydrolysis) is 1. The molecule has 7 nitrogen and oxygen atoms in total. The molecule has 0 saturated carbocycles. The molecule has 34 heavy (non-hydrogen) atoms. The van der Waals surface area contributed by atoms with Gasteiger partial charge in [-0.25, -0.2) is 9.59 Å². The van der Waals surface area contributed by atoms with Crippen LogP contribution in [0.4, 0.5) is 4.79 Å². The highest BCUT2D eigenvalue weighted by atomic mass is 16.5. The summed E-state index contributed by atoms with van der Waals surface area (Å²) < 4.78 is 5.55. The Kier molecular flexibility index (Phi) is 6.91. The summed E-state index contributed by atoms with van der Waals surface area (Å²) in [5, 5.41) is 12.3. The number of likely N-dealkylation sites (tertiary alicyclic amines) is 1. The molecular formula is C27H32N2O5. The second-order valence-electron chi connectivity index (χ2n) is 9.58. The number of carbonyl (C=O) groups excluding carboxylic acids is 2. The number of aliphatic carboxylic acids is 1. The maximum Gasteiger partial charge on any atom is 0.407 e. The first kappa shape index (κ1) is 23.8. The quantitative estimate of drug-likeness (QED) is 0.603. The summed E-state index contributed by atoms with van der Waals surface area (Å²) >= 11 is 0. The molecule has 0 radical (unpaired) electrons. The first-order chi connectivity index (χ1) is 16.3. The molecule has 2 N–H and O–H groups in total. The number of carbonyl (C=O) groups is 3. The van der Waals surface area contributed by atoms with Crippen molar-refractivity contribution in [1.82, 2.24) is 10.2 Å². The number of hydrogen-bond donors (Lipinski definition) is 2. The van der Waals surface area contributed by atoms with E-state index in [1.165, 1.54) is 27.2 Å². The summed E-state index contributed by atoms with van der Waals surface area (Å²) in [6.07, 6.45) is 1.57. The van der Waals surface area contributed by atoms with Gasteiger partial charge in [0.05, 0.1) is 0 Å². The van der Waals surface area contributed by atoms with Crippen LogP contribution < -0.4 is 5.32 Å². The van der Waals surface area contributed by atoms with Gasteiger partial charge >= 0.3 is 12.1 Å². The molecule has 0 bridgehead atoms. The maximum atomic E-state index is 12.7. The van der Waals surface area contributed by atoms with E-state index < -0.39 is 17.6 Å². The zero-order valence-electron chi connectivity index (χ0n) is 19.8. The number of nitrogens with zero attached hydrogens (tertiary/aromatic N) is 1. The van der Waals surface area contributed by atoms with Crippen LogP contribution in [-0.2, 0) is 14.3 Å². The van der Waals surface area contributed by atoms with Gasteiger partial charge in [-0.2, -0.15) is 0 Å². The van der Waals surface area contributed by atoms with Crippen molar-refractivity contribution in [1.29, 1.82) is 0 Å². The van der Waals surface area contributed by atoms with Gasteiger partial charge in [0.15, 0.2) is 0 Å². The first-order valence-corrected chi connectivity index (χ1v) is 11.9. The molecule has 2 amide bonds. The lowest BCUT2D eigenvalue weighted by Gasteiger charge is -2.32. The summed E-state index contributed by atoms with van der Waals surface area (Å²) in [4.78, 5) is 38.1. The minimum Gasteiger partial charge on any atom is -0.480 e. The monoisotopic (exact) mass is 464 g/mol. The second-order valence-corrected chi connectivity index (χ2v) is 9.58. The van der Waals surface area contributed by atoms with E-state index in [1.54, 1.807) is 6.92 Å². The van der Waals surface area contributed by atoms with Gasteiger partial charge < -0.3 is 20.1 Å². The van der Waals surface area contributed by atoms with Crippen LogP contribution in [0.2, 0.25) is 0 Å². The third kappa shape index (κ3) is 4.65. The van der Waals surface area contributed by atoms with E-state index in [9.17, 15) is 19.5 Å². The zero-order chi connectivity index (χ0) is 24.3. The van der Waals surface area contributed by atoms with Crippen molar-refractivity contribution in [3.63, 3.8) is 0 Å². The molecule has 0 aromatic heterocycles. The minimum atomic E-state index is -1.11. The SMILES string of the molecule is CC(CCNC(=O)OCC1c2ccccc2-c2ccccc21)CC(=O)N1CCC[C@@]1(C)C(=O)O. The number of amides is 2. The van der Waals surface area contributed by atoms with Gasteiger partial charge in [0.2, 0.25) is 5.91 Å². The van der Waals surface area contributed by atoms with Gasteiger partial charge in [-0.3, -0.25) is 4.79 Å². The van der Waals surface area contributed by atoms with Crippen molar-refractivity contribution >= 4 is 18.0 Å². The highest BCUT2D eigenvalue weighted by Gasteiger charge is 2.45. The van der Waals surface area contributed by atoms with Gasteiger partial charge in [-0.05, 0) is 54.4 Å². The van der Waals surface area contributed by atoms with E-state index >= 15 is 0 Å². The van der Waals surface area contributed by atoms with Gasteiger partial charge in [0, 0.05) is 25.4 Å². The molecule has 2 aromatic carbocycles. The van der Waals surface area contributed by atoms with Crippen LogP contribution in [0.25, 0.3) is 11.1 Å². The molecule has 4 rings (SSSR count). The highest BCUT2D eigenvalue weighted by Crippen LogP contribution is 2.44. The summed E-state index contributed by atoms with van der Waals surface area (Å²) in [5.41, 5.74) is 3.58. The molecule has 1 aliphatic heterocycles. The van der Waals surface area contributed by atoms with E-state index in [0.29, 0.717) is 32.4 Å². The number of carboxylic acids is 1. The smallest absolute Gasteiger partial charge is 0.407 e. The molecule has 2 aliphatic rings. The largest absolute Gasteiger partial charge is 0.480 e. The van der Waals surface area contributed by atoms with Gasteiger partial charge in [0.1, 0.15) is 12.1 Å². The van der Waals surface area contributed by atoms with Crippen molar-refractivity contribution in [3.8, 4) is 11.1 Å². The Morgan fingerprint density at radius 2 is 1.74 bits per heavy atom. The number of benzene rings is 2. The molecule has 2 aromatic rings. The molecular weight excluding hydrogens is 432 g/mol. The Bertz CT molecular complexity index is 1040. The third-order valence-corrected chi connectivity index (χ3v) is 7.18. The topological polar surface area (TPSA) is 95.9 Å². The Balaban J connectivity index is 1.23. The fraction of sp³-hybridized carbons (Fsp3) is 0.444. The maximum absolute atomic E-state index is 12.7. The number of ether oxygens (including phenoxy) is 1. The Morgan fingerprint density at radius 1 is 1.12 bits per heavy atom. The summed E-state index contributed by atoms with van der Waals surface area (Å²) in [6.45, 7) is 4.68. The van der Waals surface area contributed by atoms with Crippen LogP contribution in [0.5, 0.6) is 0 Å². The number of hydrogen-bond acceptors (Lipinski definition) is 4. The molecule has 1 heterocycles. The van der Waals surface area contributed by atoms with Crippen molar-refractivity contribution in [2.24, 2.45) is 5.92 Å². The van der Waals surface area contributed by atoms with Crippen LogP contribution in [-0.4, -0.2) is 53.2 Å². The van der Waals surface area contributed by atoms with Gasteiger partial charge in [-0.15, -0.1) is 0 Å². The zero-order valence-corrected chi connectivity index (χ0v) is 19.8. The number of nitrogens with one attached hydrogen (secondary N) is 1. The van der Waals surface area contributed by atoms with E-state index in [1.807, 2.05) is 31.2 Å². The lowest BCUT2D eigenvalue weighted by atomic mass is 9.97. The molecule has 1 aliphatic carbocycles. The van der Waals surface area contributed by atoms with E-state index in [2.05, 4.69) is 29.6 Å². The molecule has 0 spiro atoms. The summed E-state index contributed by atoms with van der Waals surface area (Å²) in [6, 6.07) is 16.4. The molecule has 180 valence electrons. The standard InChI is InChI=1S/C27H32N2O5/c1-18(16-24(30)29-15-7-13-27(29,2)25(31)32)12-14-28-26(33)34-17-23-21-10-5-3-8-19(21)20-9-4-6-11-22(20)23/h3-6,8-11,18,23H,7,12-17H2,1-2H3,(H,28,33)(H,31,32)/t18?,27-/m0/s1. The number of fused-ring (bicyclic) bond motifs is 3. The van der Waals surface area contributed by atoms with Gasteiger partial charge in [-0.1, -0.05) is 55.5 Å². The highest BCUT2D eigenvalue weighted by molar-refractivity contribution is 5.87. The fourth-order valence-corrected chi connectivity index (χ4v) is 5.17. The molecule has 1 fully saturated rings. The molecule has 2 atom stereocenters. The van der Waals surface area contributed by atoms with Crippen LogP contribution >= 0.6 is 0 Å². The number of rotatable bonds is 8. The minimum absolute atomic E-state index is 0.0127. The van der Waals surface area contributed by atoms with Crippen LogP contribution in [0.1, 0.15) is 56.6 Å². The molecule has 1 saturated heterocycles. The lowest BCUT2D eigenvalue weighted by molar-refractivity contribution is -0.155. The first-order valence-electron chi connectivity index (χ1n) is 11.9. The Morgan fingerprint density at radius 3 is 2.35 bits per heavy atom. The summed E-state index contributed by atoms with van der Waals surface area (Å²) in [7, 11) is 0. The van der Waals surface area contributed by atoms with Crippen molar-refractivity contribution in [2.45, 2.75) is 51.0 Å². The van der Waals surface area contributed by atoms with Crippen LogP contribution in [0.3, 0.4) is 0 Å². The Labute approximate surface area is 200 Å². The molecule has 1 unspecified atom stereocenters. The predicted molar refractivity (Wildman–Crippen MR) is 128 cm³/mol. The predicted octanol–water partition coefficient (Wildman–Crippen LogP) is 4.41. The third-order valence-electron chi connectivity index (χ3n) is 7.18. The van der Waals surface area contributed by atoms with Crippen molar-refractivity contribution < 1.29 is 24.2 Å². The summed E-state index contributed by atoms with van der Waals surface area (Å²) in [5.74, 6) is -1.07. The van der Waals surface area contributed by atoms with Crippen LogP contribution in [0, 0.1) is 5.92 Å². The molecule has 7 heteroatoms. The van der Waals surface area contributed by atoms with Crippen LogP contribution in [0.15, 0.2) is 48.5 Å². The average Bonchev–Trinajstić information content (AvgIpc) is 3.37. The second kappa shape index (κ2) is 9.87.